The van der Waals surface area contributed by atoms with Crippen LogP contribution >= 0.6 is 0 Å². The number of aldehydes is 1. The molecule has 0 bridgehead atoms. The molecule has 78 valence electrons. The fourth-order valence-corrected chi connectivity index (χ4v) is 1.18. The Morgan fingerprint density at radius 3 is 1.92 bits per heavy atom. The molecule has 0 unspecified atom stereocenters. The van der Waals surface area contributed by atoms with Gasteiger partial charge in [-0.05, 0) is 21.0 Å². The van der Waals surface area contributed by atoms with Gasteiger partial charge in [0.1, 0.15) is 12.4 Å². The van der Waals surface area contributed by atoms with Crippen LogP contribution in [-0.4, -0.2) is 65.0 Å². The van der Waals surface area contributed by atoms with Gasteiger partial charge in [-0.2, -0.15) is 0 Å². The van der Waals surface area contributed by atoms with Crippen LogP contribution in [0.2, 0.25) is 0 Å². The fraction of sp³-hybridized carbons (Fsp3) is 0.875. The van der Waals surface area contributed by atoms with Crippen molar-refractivity contribution in [1.29, 1.82) is 0 Å². The summed E-state index contributed by atoms with van der Waals surface area (Å²) >= 11 is 0. The van der Waals surface area contributed by atoms with Gasteiger partial charge in [0.25, 0.3) is 0 Å². The van der Waals surface area contributed by atoms with E-state index in [0.717, 1.165) is 0 Å². The monoisotopic (exact) mass is 191 g/mol. The second kappa shape index (κ2) is 5.29. The zero-order chi connectivity index (χ0) is 10.6. The lowest BCUT2D eigenvalue weighted by Gasteiger charge is -2.31. The van der Waals surface area contributed by atoms with Crippen LogP contribution in [0.1, 0.15) is 6.92 Å². The summed E-state index contributed by atoms with van der Waals surface area (Å²) in [7, 11) is 3.23. The molecule has 0 heterocycles. The standard InChI is InChI=1S/C8H17NO4/c1-5(11)8(13)7(9(2)3)6(12)4-10/h4-8,11-13H,1-3H3/t5-,6+,7-,8-/m1/s1. The van der Waals surface area contributed by atoms with Crippen molar-refractivity contribution in [3.05, 3.63) is 0 Å². The summed E-state index contributed by atoms with van der Waals surface area (Å²) in [6, 6.07) is -0.780. The summed E-state index contributed by atoms with van der Waals surface area (Å²) in [5, 5.41) is 27.8. The molecule has 0 spiro atoms. The van der Waals surface area contributed by atoms with Gasteiger partial charge < -0.3 is 25.0 Å². The molecule has 0 radical (unpaired) electrons. The minimum atomic E-state index is -1.29. The van der Waals surface area contributed by atoms with E-state index in [4.69, 9.17) is 5.11 Å². The SMILES string of the molecule is C[C@@H](O)[C@@H](O)[C@@H]([C@@H](O)C=O)N(C)C. The average Bonchev–Trinajstić information content (AvgIpc) is 2.03. The van der Waals surface area contributed by atoms with E-state index in [1.54, 1.807) is 14.1 Å². The summed E-state index contributed by atoms with van der Waals surface area (Å²) in [4.78, 5) is 11.8. The van der Waals surface area contributed by atoms with Crippen molar-refractivity contribution in [3.8, 4) is 0 Å². The fourth-order valence-electron chi connectivity index (χ4n) is 1.18. The van der Waals surface area contributed by atoms with Crippen LogP contribution in [0.3, 0.4) is 0 Å². The van der Waals surface area contributed by atoms with Crippen LogP contribution in [-0.2, 0) is 4.79 Å². The zero-order valence-corrected chi connectivity index (χ0v) is 8.08. The summed E-state index contributed by atoms with van der Waals surface area (Å²) in [5.41, 5.74) is 0. The molecule has 0 aromatic carbocycles. The van der Waals surface area contributed by atoms with Crippen molar-refractivity contribution in [2.45, 2.75) is 31.3 Å². The predicted octanol–water partition coefficient (Wildman–Crippen LogP) is -1.78. The maximum Gasteiger partial charge on any atom is 0.150 e. The van der Waals surface area contributed by atoms with Gasteiger partial charge in [0.15, 0.2) is 0 Å². The highest BCUT2D eigenvalue weighted by atomic mass is 16.3. The second-order valence-corrected chi connectivity index (χ2v) is 3.31. The molecule has 3 N–H and O–H groups in total. The normalized spacial score (nSPS) is 20.8. The number of likely N-dealkylation sites (N-methyl/N-ethyl adjacent to an activating group) is 1. The Balaban J connectivity index is 4.50. The van der Waals surface area contributed by atoms with Crippen molar-refractivity contribution >= 4 is 6.29 Å². The van der Waals surface area contributed by atoms with Crippen LogP contribution in [0.25, 0.3) is 0 Å². The van der Waals surface area contributed by atoms with Crippen molar-refractivity contribution in [1.82, 2.24) is 4.90 Å². The quantitative estimate of drug-likeness (QED) is 0.448. The summed E-state index contributed by atoms with van der Waals surface area (Å²) in [6.45, 7) is 1.40. The Bertz CT molecular complexity index is 160. The van der Waals surface area contributed by atoms with Crippen LogP contribution in [0.4, 0.5) is 0 Å². The lowest BCUT2D eigenvalue weighted by Crippen LogP contribution is -2.52. The van der Waals surface area contributed by atoms with E-state index >= 15 is 0 Å². The smallest absolute Gasteiger partial charge is 0.150 e. The third-order valence-electron chi connectivity index (χ3n) is 1.93. The summed E-state index contributed by atoms with van der Waals surface area (Å²) in [5.74, 6) is 0. The molecular formula is C8H17NO4. The third-order valence-corrected chi connectivity index (χ3v) is 1.93. The van der Waals surface area contributed by atoms with Crippen LogP contribution in [0, 0.1) is 0 Å². The number of carbonyl (C=O) groups is 1. The molecule has 0 aromatic heterocycles. The van der Waals surface area contributed by atoms with Gasteiger partial charge in [-0.1, -0.05) is 0 Å². The molecule has 0 saturated carbocycles. The van der Waals surface area contributed by atoms with Gasteiger partial charge in [0, 0.05) is 0 Å². The van der Waals surface area contributed by atoms with Crippen molar-refractivity contribution in [2.75, 3.05) is 14.1 Å². The van der Waals surface area contributed by atoms with Crippen LogP contribution in [0.15, 0.2) is 0 Å². The topological polar surface area (TPSA) is 81.0 Å². The lowest BCUT2D eigenvalue weighted by molar-refractivity contribution is -0.123. The highest BCUT2D eigenvalue weighted by Crippen LogP contribution is 2.08. The Kier molecular flexibility index (Phi) is 5.09. The molecule has 0 aliphatic heterocycles. The van der Waals surface area contributed by atoms with E-state index in [9.17, 15) is 15.0 Å². The summed E-state index contributed by atoms with van der Waals surface area (Å²) in [6.07, 6.45) is -3.08. The Morgan fingerprint density at radius 1 is 1.23 bits per heavy atom. The van der Waals surface area contributed by atoms with Crippen LogP contribution in [0.5, 0.6) is 0 Å². The number of rotatable bonds is 5. The lowest BCUT2D eigenvalue weighted by atomic mass is 10.0. The molecule has 13 heavy (non-hydrogen) atoms. The van der Waals surface area contributed by atoms with E-state index in [0.29, 0.717) is 6.29 Å². The summed E-state index contributed by atoms with van der Waals surface area (Å²) < 4.78 is 0. The number of nitrogens with zero attached hydrogens (tertiary/aromatic N) is 1. The maximum absolute atomic E-state index is 10.3. The number of carbonyl (C=O) groups excluding carboxylic acids is 1. The molecule has 0 fully saturated rings. The highest BCUT2D eigenvalue weighted by Gasteiger charge is 2.31. The number of hydrogen-bond donors (Lipinski definition) is 3. The van der Waals surface area contributed by atoms with Crippen molar-refractivity contribution in [3.63, 3.8) is 0 Å². The van der Waals surface area contributed by atoms with Gasteiger partial charge in [-0.3, -0.25) is 0 Å². The molecule has 0 aromatic rings. The van der Waals surface area contributed by atoms with Gasteiger partial charge in [-0.25, -0.2) is 0 Å². The molecule has 0 rings (SSSR count). The first-order valence-electron chi connectivity index (χ1n) is 4.07. The minimum Gasteiger partial charge on any atom is -0.391 e. The number of aliphatic hydroxyl groups is 3. The molecule has 5 nitrogen and oxygen atoms in total. The molecule has 5 heteroatoms. The van der Waals surface area contributed by atoms with E-state index < -0.39 is 24.4 Å². The Hall–Kier alpha value is -0.490. The van der Waals surface area contributed by atoms with Gasteiger partial charge in [0.2, 0.25) is 0 Å². The Morgan fingerprint density at radius 2 is 1.69 bits per heavy atom. The molecular weight excluding hydrogens is 174 g/mol. The third kappa shape index (κ3) is 3.40. The van der Waals surface area contributed by atoms with Crippen molar-refractivity contribution in [2.24, 2.45) is 0 Å². The molecule has 4 atom stereocenters. The molecule has 0 aliphatic rings. The first-order valence-corrected chi connectivity index (χ1v) is 4.07. The average molecular weight is 191 g/mol. The zero-order valence-electron chi connectivity index (χ0n) is 8.08. The second-order valence-electron chi connectivity index (χ2n) is 3.31. The van der Waals surface area contributed by atoms with Crippen molar-refractivity contribution < 1.29 is 20.1 Å². The first-order chi connectivity index (χ1) is 5.91. The van der Waals surface area contributed by atoms with E-state index in [2.05, 4.69) is 0 Å². The number of aliphatic hydroxyl groups excluding tert-OH is 3. The highest BCUT2D eigenvalue weighted by molar-refractivity contribution is 5.57. The molecule has 0 aliphatic carbocycles. The Labute approximate surface area is 77.6 Å². The predicted molar refractivity (Wildman–Crippen MR) is 47.2 cm³/mol. The minimum absolute atomic E-state index is 0.344. The van der Waals surface area contributed by atoms with Crippen LogP contribution < -0.4 is 0 Å². The van der Waals surface area contributed by atoms with E-state index in [-0.39, 0.29) is 0 Å². The van der Waals surface area contributed by atoms with Gasteiger partial charge >= 0.3 is 0 Å². The van der Waals surface area contributed by atoms with Gasteiger partial charge in [0.05, 0.1) is 18.2 Å². The molecule has 0 saturated heterocycles. The van der Waals surface area contributed by atoms with E-state index in [1.165, 1.54) is 11.8 Å². The largest absolute Gasteiger partial charge is 0.391 e. The molecule has 0 amide bonds. The van der Waals surface area contributed by atoms with Gasteiger partial charge in [-0.15, -0.1) is 0 Å². The number of hydrogen-bond acceptors (Lipinski definition) is 5. The first kappa shape index (κ1) is 12.5. The van der Waals surface area contributed by atoms with E-state index in [1.807, 2.05) is 0 Å². The maximum atomic E-state index is 10.3.